The minimum Gasteiger partial charge on any atom is -0.480 e. The number of hydrogen-bond donors (Lipinski definition) is 2. The van der Waals surface area contributed by atoms with Crippen LogP contribution in [0.2, 0.25) is 10.0 Å². The largest absolute Gasteiger partial charge is 0.480 e. The smallest absolute Gasteiger partial charge is 0.261 e. The Hall–Kier alpha value is -2.54. The molecule has 34 heavy (non-hydrogen) atoms. The van der Waals surface area contributed by atoms with Gasteiger partial charge in [0.25, 0.3) is 5.91 Å². The van der Waals surface area contributed by atoms with Gasteiger partial charge in [0.2, 0.25) is 0 Å². The number of ether oxygens (including phenoxy) is 1. The Kier molecular flexibility index (Phi) is 7.51. The quantitative estimate of drug-likeness (QED) is 0.365. The fraction of sp³-hybridized carbons (Fsp3) is 0.385. The van der Waals surface area contributed by atoms with E-state index in [9.17, 15) is 9.90 Å². The molecular formula is C26H29Cl2N3O3. The van der Waals surface area contributed by atoms with Gasteiger partial charge in [0.1, 0.15) is 5.75 Å². The summed E-state index contributed by atoms with van der Waals surface area (Å²) in [5.74, 6) is 0.253. The van der Waals surface area contributed by atoms with Gasteiger partial charge in [-0.3, -0.25) is 9.80 Å². The molecule has 2 N–H and O–H groups in total. The third-order valence-electron chi connectivity index (χ3n) is 6.76. The zero-order valence-corrected chi connectivity index (χ0v) is 20.6. The summed E-state index contributed by atoms with van der Waals surface area (Å²) in [6.07, 6.45) is 4.43. The van der Waals surface area contributed by atoms with E-state index in [4.69, 9.17) is 27.9 Å². The Morgan fingerprint density at radius 3 is 2.62 bits per heavy atom. The molecule has 1 fully saturated rings. The first kappa shape index (κ1) is 24.6. The number of carbonyl (C=O) groups excluding carboxylic acids is 1. The van der Waals surface area contributed by atoms with Crippen LogP contribution in [0.4, 0.5) is 0 Å². The predicted octanol–water partition coefficient (Wildman–Crippen LogP) is 5.59. The topological polar surface area (TPSA) is 74.2 Å². The van der Waals surface area contributed by atoms with Gasteiger partial charge in [-0.15, -0.1) is 0 Å². The van der Waals surface area contributed by atoms with Gasteiger partial charge >= 0.3 is 0 Å². The van der Waals surface area contributed by atoms with Crippen molar-refractivity contribution in [2.75, 3.05) is 6.54 Å². The number of fused-ring (bicyclic) bond motifs is 1. The molecule has 0 spiro atoms. The first-order valence-electron chi connectivity index (χ1n) is 11.4. The van der Waals surface area contributed by atoms with Gasteiger partial charge in [0, 0.05) is 41.5 Å². The second-order valence-corrected chi connectivity index (χ2v) is 9.84. The van der Waals surface area contributed by atoms with Crippen LogP contribution in [-0.4, -0.2) is 40.9 Å². The molecule has 0 radical (unpaired) electrons. The molecule has 1 heterocycles. The maximum atomic E-state index is 12.8. The number of hydrogen-bond acceptors (Lipinski definition) is 5. The number of amides is 1. The van der Waals surface area contributed by atoms with Crippen molar-refractivity contribution in [2.24, 2.45) is 5.10 Å². The van der Waals surface area contributed by atoms with E-state index in [0.717, 1.165) is 36.8 Å². The SMILES string of the molecule is C=NN(/C=C(\C)c1ccc(Cl)cc1)C1(CCNC(=O)[C@H]2C[C@@H](O)c3cc(Cl)ccc3O2)CCC1. The first-order valence-corrected chi connectivity index (χ1v) is 12.2. The molecule has 0 aromatic heterocycles. The number of carbonyl (C=O) groups is 1. The van der Waals surface area contributed by atoms with Crippen LogP contribution in [0.5, 0.6) is 5.75 Å². The van der Waals surface area contributed by atoms with E-state index in [-0.39, 0.29) is 17.9 Å². The molecule has 8 heteroatoms. The zero-order valence-electron chi connectivity index (χ0n) is 19.1. The van der Waals surface area contributed by atoms with E-state index < -0.39 is 12.2 Å². The lowest BCUT2D eigenvalue weighted by Crippen LogP contribution is -2.51. The van der Waals surface area contributed by atoms with Gasteiger partial charge < -0.3 is 15.2 Å². The number of halogens is 2. The van der Waals surface area contributed by atoms with Crippen molar-refractivity contribution >= 4 is 41.4 Å². The average molecular weight is 502 g/mol. The molecule has 2 aliphatic rings. The Bertz CT molecular complexity index is 1080. The summed E-state index contributed by atoms with van der Waals surface area (Å²) < 4.78 is 5.83. The molecule has 2 aromatic carbocycles. The second-order valence-electron chi connectivity index (χ2n) is 8.96. The Morgan fingerprint density at radius 2 is 1.97 bits per heavy atom. The van der Waals surface area contributed by atoms with Crippen LogP contribution in [0.25, 0.3) is 5.57 Å². The van der Waals surface area contributed by atoms with E-state index in [2.05, 4.69) is 17.1 Å². The average Bonchev–Trinajstić information content (AvgIpc) is 2.80. The molecule has 0 unspecified atom stereocenters. The first-order chi connectivity index (χ1) is 16.3. The molecule has 1 amide bonds. The van der Waals surface area contributed by atoms with Crippen LogP contribution in [0.3, 0.4) is 0 Å². The van der Waals surface area contributed by atoms with Crippen molar-refractivity contribution in [3.05, 3.63) is 69.8 Å². The summed E-state index contributed by atoms with van der Waals surface area (Å²) in [7, 11) is 0. The number of benzene rings is 2. The molecule has 1 aliphatic heterocycles. The van der Waals surface area contributed by atoms with E-state index in [0.29, 0.717) is 27.9 Å². The van der Waals surface area contributed by atoms with Crippen molar-refractivity contribution in [1.29, 1.82) is 0 Å². The van der Waals surface area contributed by atoms with Crippen molar-refractivity contribution in [2.45, 2.75) is 56.8 Å². The number of nitrogens with one attached hydrogen (secondary N) is 1. The third kappa shape index (κ3) is 5.24. The number of aliphatic hydroxyl groups excluding tert-OH is 1. The van der Waals surface area contributed by atoms with Crippen molar-refractivity contribution in [3.63, 3.8) is 0 Å². The summed E-state index contributed by atoms with van der Waals surface area (Å²) >= 11 is 12.0. The highest BCUT2D eigenvalue weighted by Gasteiger charge is 2.42. The highest BCUT2D eigenvalue weighted by atomic mass is 35.5. The highest BCUT2D eigenvalue weighted by molar-refractivity contribution is 6.30. The Morgan fingerprint density at radius 1 is 1.26 bits per heavy atom. The van der Waals surface area contributed by atoms with Gasteiger partial charge in [-0.2, -0.15) is 5.10 Å². The molecule has 1 aliphatic carbocycles. The summed E-state index contributed by atoms with van der Waals surface area (Å²) in [6, 6.07) is 12.7. The van der Waals surface area contributed by atoms with Crippen molar-refractivity contribution < 1.29 is 14.6 Å². The number of hydrazone groups is 1. The zero-order chi connectivity index (χ0) is 24.3. The Labute approximate surface area is 210 Å². The maximum Gasteiger partial charge on any atom is 0.261 e. The maximum absolute atomic E-state index is 12.8. The molecule has 6 nitrogen and oxygen atoms in total. The number of aliphatic hydroxyl groups is 1. The summed E-state index contributed by atoms with van der Waals surface area (Å²) in [5.41, 5.74) is 2.55. The monoisotopic (exact) mass is 501 g/mol. The van der Waals surface area contributed by atoms with Gasteiger partial charge in [-0.05, 0) is 74.1 Å². The fourth-order valence-corrected chi connectivity index (χ4v) is 4.89. The number of allylic oxidation sites excluding steroid dienone is 1. The van der Waals surface area contributed by atoms with E-state index in [1.807, 2.05) is 42.4 Å². The molecule has 2 atom stereocenters. The third-order valence-corrected chi connectivity index (χ3v) is 7.24. The normalized spacial score (nSPS) is 21.0. The van der Waals surface area contributed by atoms with E-state index in [1.54, 1.807) is 18.2 Å². The molecule has 2 aromatic rings. The van der Waals surface area contributed by atoms with Crippen LogP contribution in [0.15, 0.2) is 53.8 Å². The van der Waals surface area contributed by atoms with Gasteiger partial charge in [0.15, 0.2) is 6.10 Å². The van der Waals surface area contributed by atoms with Gasteiger partial charge in [-0.25, -0.2) is 0 Å². The summed E-state index contributed by atoms with van der Waals surface area (Å²) in [4.78, 5) is 12.8. The minimum atomic E-state index is -0.794. The molecule has 0 saturated heterocycles. The molecule has 0 bridgehead atoms. The molecule has 180 valence electrons. The number of nitrogens with zero attached hydrogens (tertiary/aromatic N) is 2. The molecule has 4 rings (SSSR count). The van der Waals surface area contributed by atoms with Gasteiger partial charge in [-0.1, -0.05) is 35.3 Å². The lowest BCUT2D eigenvalue weighted by atomic mass is 9.73. The van der Waals surface area contributed by atoms with Crippen molar-refractivity contribution in [1.82, 2.24) is 10.3 Å². The van der Waals surface area contributed by atoms with Gasteiger partial charge in [0.05, 0.1) is 11.6 Å². The molecular weight excluding hydrogens is 473 g/mol. The Balaban J connectivity index is 1.37. The highest BCUT2D eigenvalue weighted by Crippen LogP contribution is 2.42. The number of rotatable bonds is 8. The summed E-state index contributed by atoms with van der Waals surface area (Å²) in [6.45, 7) is 6.30. The van der Waals surface area contributed by atoms with E-state index in [1.165, 1.54) is 0 Å². The standard InChI is InChI=1S/C26H29Cl2N3O3/c1-17(18-4-6-19(27)7-5-18)16-31(29-2)26(10-3-11-26)12-13-30-25(33)24-15-22(32)21-14-20(28)8-9-23(21)34-24/h4-9,14,16,22,24,32H,2-3,10-13,15H2,1H3,(H,30,33)/b17-16+/t22-,24-/m1/s1. The second kappa shape index (κ2) is 10.4. The van der Waals surface area contributed by atoms with Crippen LogP contribution in [0.1, 0.15) is 56.3 Å². The summed E-state index contributed by atoms with van der Waals surface area (Å²) in [5, 5.41) is 20.9. The molecule has 1 saturated carbocycles. The van der Waals surface area contributed by atoms with Crippen LogP contribution in [-0.2, 0) is 4.79 Å². The van der Waals surface area contributed by atoms with E-state index >= 15 is 0 Å². The lowest BCUT2D eigenvalue weighted by Gasteiger charge is -2.47. The van der Waals surface area contributed by atoms with Crippen LogP contribution in [0, 0.1) is 0 Å². The predicted molar refractivity (Wildman–Crippen MR) is 136 cm³/mol. The lowest BCUT2D eigenvalue weighted by molar-refractivity contribution is -0.130. The van der Waals surface area contributed by atoms with Crippen LogP contribution < -0.4 is 10.1 Å². The fourth-order valence-electron chi connectivity index (χ4n) is 4.59. The minimum absolute atomic E-state index is 0.182. The van der Waals surface area contributed by atoms with Crippen molar-refractivity contribution in [3.8, 4) is 5.75 Å². The van der Waals surface area contributed by atoms with Crippen LogP contribution >= 0.6 is 23.2 Å².